The number of rotatable bonds is 7. The summed E-state index contributed by atoms with van der Waals surface area (Å²) >= 11 is 0. The molecular formula is C14H23F3N2O3. The number of likely N-dealkylation sites (tertiary alicyclic amines) is 1. The Balaban J connectivity index is 2.54. The van der Waals surface area contributed by atoms with Crippen molar-refractivity contribution in [3.05, 3.63) is 0 Å². The van der Waals surface area contributed by atoms with E-state index in [1.54, 1.807) is 0 Å². The molecule has 1 heterocycles. The molecule has 0 bridgehead atoms. The van der Waals surface area contributed by atoms with Gasteiger partial charge in [0.05, 0.1) is 12.5 Å². The molecule has 1 saturated heterocycles. The average Bonchev–Trinajstić information content (AvgIpc) is 2.41. The molecule has 0 aromatic rings. The maximum atomic E-state index is 12.4. The van der Waals surface area contributed by atoms with Crippen LogP contribution >= 0.6 is 0 Å². The second kappa shape index (κ2) is 8.36. The quantitative estimate of drug-likeness (QED) is 0.752. The van der Waals surface area contributed by atoms with Crippen LogP contribution in [0.15, 0.2) is 0 Å². The number of nitrogens with one attached hydrogen (secondary N) is 1. The van der Waals surface area contributed by atoms with E-state index >= 15 is 0 Å². The third kappa shape index (κ3) is 6.64. The molecule has 1 fully saturated rings. The highest BCUT2D eigenvalue weighted by atomic mass is 19.4. The van der Waals surface area contributed by atoms with Gasteiger partial charge in [0.25, 0.3) is 0 Å². The lowest BCUT2D eigenvalue weighted by Gasteiger charge is -2.32. The van der Waals surface area contributed by atoms with E-state index in [9.17, 15) is 22.8 Å². The predicted octanol–water partition coefficient (Wildman–Crippen LogP) is 2.02. The molecule has 0 aromatic carbocycles. The Labute approximate surface area is 127 Å². The fraction of sp³-hybridized carbons (Fsp3) is 0.857. The standard InChI is InChI=1S/C14H23F3N2O3/c1-2-3-6-11(13(21)22)18-12(20)10-5-4-7-19(8-10)9-14(15,16)17/h10-11H,2-9H2,1H3,(H,18,20)(H,21,22). The van der Waals surface area contributed by atoms with Gasteiger partial charge in [0.15, 0.2) is 0 Å². The molecule has 1 aliphatic heterocycles. The minimum atomic E-state index is -4.29. The molecule has 8 heteroatoms. The van der Waals surface area contributed by atoms with Crippen LogP contribution in [-0.2, 0) is 9.59 Å². The van der Waals surface area contributed by atoms with Crippen molar-refractivity contribution in [2.75, 3.05) is 19.6 Å². The minimum Gasteiger partial charge on any atom is -0.480 e. The Morgan fingerprint density at radius 2 is 2.09 bits per heavy atom. The Morgan fingerprint density at radius 3 is 2.64 bits per heavy atom. The summed E-state index contributed by atoms with van der Waals surface area (Å²) in [5.41, 5.74) is 0. The highest BCUT2D eigenvalue weighted by molar-refractivity contribution is 5.85. The van der Waals surface area contributed by atoms with E-state index in [4.69, 9.17) is 5.11 Å². The fourth-order valence-corrected chi connectivity index (χ4v) is 2.62. The highest BCUT2D eigenvalue weighted by Crippen LogP contribution is 2.22. The van der Waals surface area contributed by atoms with Crippen molar-refractivity contribution in [2.45, 2.75) is 51.2 Å². The number of nitrogens with zero attached hydrogens (tertiary/aromatic N) is 1. The smallest absolute Gasteiger partial charge is 0.401 e. The number of hydrogen-bond acceptors (Lipinski definition) is 3. The molecule has 2 N–H and O–H groups in total. The average molecular weight is 324 g/mol. The predicted molar refractivity (Wildman–Crippen MR) is 74.3 cm³/mol. The lowest BCUT2D eigenvalue weighted by Crippen LogP contribution is -2.49. The van der Waals surface area contributed by atoms with Crippen LogP contribution in [0.5, 0.6) is 0 Å². The van der Waals surface area contributed by atoms with Crippen LogP contribution in [-0.4, -0.2) is 53.7 Å². The number of hydrogen-bond donors (Lipinski definition) is 2. The van der Waals surface area contributed by atoms with Crippen LogP contribution in [0.25, 0.3) is 0 Å². The molecule has 1 rings (SSSR count). The third-order valence-electron chi connectivity index (χ3n) is 3.74. The van der Waals surface area contributed by atoms with Gasteiger partial charge in [-0.25, -0.2) is 4.79 Å². The lowest BCUT2D eigenvalue weighted by atomic mass is 9.96. The van der Waals surface area contributed by atoms with Crippen molar-refractivity contribution in [1.29, 1.82) is 0 Å². The molecule has 0 aromatic heterocycles. The summed E-state index contributed by atoms with van der Waals surface area (Å²) in [6.07, 6.45) is -1.49. The first-order valence-electron chi connectivity index (χ1n) is 7.55. The number of halogens is 3. The Kier molecular flexibility index (Phi) is 7.12. The third-order valence-corrected chi connectivity index (χ3v) is 3.74. The number of alkyl halides is 3. The van der Waals surface area contributed by atoms with E-state index in [0.717, 1.165) is 6.42 Å². The molecule has 128 valence electrons. The summed E-state index contributed by atoms with van der Waals surface area (Å²) in [7, 11) is 0. The molecule has 1 amide bonds. The monoisotopic (exact) mass is 324 g/mol. The zero-order chi connectivity index (χ0) is 16.8. The topological polar surface area (TPSA) is 69.6 Å². The molecule has 0 saturated carbocycles. The van der Waals surface area contributed by atoms with Gasteiger partial charge in [-0.15, -0.1) is 0 Å². The number of unbranched alkanes of at least 4 members (excludes halogenated alkanes) is 1. The van der Waals surface area contributed by atoms with Crippen LogP contribution in [0, 0.1) is 5.92 Å². The second-order valence-corrected chi connectivity index (χ2v) is 5.73. The van der Waals surface area contributed by atoms with Gasteiger partial charge in [0, 0.05) is 6.54 Å². The van der Waals surface area contributed by atoms with Crippen molar-refractivity contribution in [2.24, 2.45) is 5.92 Å². The van der Waals surface area contributed by atoms with Gasteiger partial charge in [-0.05, 0) is 25.8 Å². The number of carbonyl (C=O) groups excluding carboxylic acids is 1. The van der Waals surface area contributed by atoms with Crippen molar-refractivity contribution < 1.29 is 27.9 Å². The molecule has 2 unspecified atom stereocenters. The number of carboxylic acid groups (broad SMARTS) is 1. The van der Waals surface area contributed by atoms with Crippen LogP contribution in [0.3, 0.4) is 0 Å². The summed E-state index contributed by atoms with van der Waals surface area (Å²) in [6.45, 7) is 1.21. The summed E-state index contributed by atoms with van der Waals surface area (Å²) in [6, 6.07) is -0.967. The van der Waals surface area contributed by atoms with Gasteiger partial charge in [-0.1, -0.05) is 19.8 Å². The number of carboxylic acids is 1. The van der Waals surface area contributed by atoms with E-state index < -0.39 is 36.6 Å². The zero-order valence-corrected chi connectivity index (χ0v) is 12.7. The van der Waals surface area contributed by atoms with Crippen LogP contribution in [0.1, 0.15) is 39.0 Å². The summed E-state index contributed by atoms with van der Waals surface area (Å²) in [5.74, 6) is -2.15. The van der Waals surface area contributed by atoms with E-state index in [1.165, 1.54) is 4.90 Å². The maximum Gasteiger partial charge on any atom is 0.401 e. The second-order valence-electron chi connectivity index (χ2n) is 5.73. The van der Waals surface area contributed by atoms with Gasteiger partial charge in [0.1, 0.15) is 6.04 Å². The van der Waals surface area contributed by atoms with Gasteiger partial charge in [0.2, 0.25) is 5.91 Å². The maximum absolute atomic E-state index is 12.4. The van der Waals surface area contributed by atoms with Crippen molar-refractivity contribution in [3.8, 4) is 0 Å². The van der Waals surface area contributed by atoms with Crippen molar-refractivity contribution >= 4 is 11.9 Å². The van der Waals surface area contributed by atoms with E-state index in [-0.39, 0.29) is 6.54 Å². The Bertz CT molecular complexity index is 388. The lowest BCUT2D eigenvalue weighted by molar-refractivity contribution is -0.152. The van der Waals surface area contributed by atoms with E-state index in [1.807, 2.05) is 6.92 Å². The minimum absolute atomic E-state index is 0.0193. The van der Waals surface area contributed by atoms with Crippen molar-refractivity contribution in [3.63, 3.8) is 0 Å². The molecule has 0 aliphatic carbocycles. The SMILES string of the molecule is CCCCC(NC(=O)C1CCCN(CC(F)(F)F)C1)C(=O)O. The van der Waals surface area contributed by atoms with Crippen LogP contribution < -0.4 is 5.32 Å². The molecule has 5 nitrogen and oxygen atoms in total. The molecule has 2 atom stereocenters. The molecular weight excluding hydrogens is 301 g/mol. The van der Waals surface area contributed by atoms with E-state index in [2.05, 4.69) is 5.32 Å². The van der Waals surface area contributed by atoms with Gasteiger partial charge in [-0.2, -0.15) is 13.2 Å². The van der Waals surface area contributed by atoms with Gasteiger partial charge < -0.3 is 10.4 Å². The first-order chi connectivity index (χ1) is 10.2. The number of piperidine rings is 1. The Morgan fingerprint density at radius 1 is 1.41 bits per heavy atom. The number of amides is 1. The molecule has 22 heavy (non-hydrogen) atoms. The highest BCUT2D eigenvalue weighted by Gasteiger charge is 2.35. The molecule has 0 spiro atoms. The Hall–Kier alpha value is -1.31. The van der Waals surface area contributed by atoms with E-state index in [0.29, 0.717) is 32.2 Å². The number of aliphatic carboxylic acids is 1. The summed E-state index contributed by atoms with van der Waals surface area (Å²) < 4.78 is 37.2. The summed E-state index contributed by atoms with van der Waals surface area (Å²) in [4.78, 5) is 24.4. The van der Waals surface area contributed by atoms with Gasteiger partial charge >= 0.3 is 12.1 Å². The molecule has 1 aliphatic rings. The largest absolute Gasteiger partial charge is 0.480 e. The molecule has 0 radical (unpaired) electrons. The fourth-order valence-electron chi connectivity index (χ4n) is 2.62. The van der Waals surface area contributed by atoms with Crippen molar-refractivity contribution in [1.82, 2.24) is 10.2 Å². The zero-order valence-electron chi connectivity index (χ0n) is 12.7. The first-order valence-corrected chi connectivity index (χ1v) is 7.55. The number of carbonyl (C=O) groups is 2. The normalized spacial score (nSPS) is 21.4. The van der Waals surface area contributed by atoms with Gasteiger partial charge in [-0.3, -0.25) is 9.69 Å². The van der Waals surface area contributed by atoms with Crippen LogP contribution in [0.4, 0.5) is 13.2 Å². The first kappa shape index (κ1) is 18.7. The summed E-state index contributed by atoms with van der Waals surface area (Å²) in [5, 5.41) is 11.5. The van der Waals surface area contributed by atoms with Crippen LogP contribution in [0.2, 0.25) is 0 Å².